The maximum Gasteiger partial charge on any atom is 0.339 e. The second-order valence-electron chi connectivity index (χ2n) is 4.51. The van der Waals surface area contributed by atoms with Crippen molar-refractivity contribution in [2.24, 2.45) is 0 Å². The Kier molecular flexibility index (Phi) is 3.67. The van der Waals surface area contributed by atoms with Gasteiger partial charge in [-0.3, -0.25) is 0 Å². The van der Waals surface area contributed by atoms with Crippen molar-refractivity contribution in [1.29, 1.82) is 0 Å². The lowest BCUT2D eigenvalue weighted by atomic mass is 10.0. The average Bonchev–Trinajstić information content (AvgIpc) is 2.36. The highest BCUT2D eigenvalue weighted by atomic mass is 35.5. The highest BCUT2D eigenvalue weighted by Gasteiger charge is 2.12. The van der Waals surface area contributed by atoms with Crippen LogP contribution >= 0.6 is 11.6 Å². The van der Waals surface area contributed by atoms with Gasteiger partial charge in [-0.05, 0) is 38.5 Å². The zero-order valence-corrected chi connectivity index (χ0v) is 11.9. The van der Waals surface area contributed by atoms with Crippen molar-refractivity contribution in [3.05, 3.63) is 50.9 Å². The third-order valence-electron chi connectivity index (χ3n) is 3.21. The van der Waals surface area contributed by atoms with E-state index in [2.05, 4.69) is 6.58 Å². The van der Waals surface area contributed by atoms with E-state index in [0.29, 0.717) is 21.9 Å². The van der Waals surface area contributed by atoms with E-state index in [-0.39, 0.29) is 12.2 Å². The van der Waals surface area contributed by atoms with Gasteiger partial charge < -0.3 is 9.15 Å². The number of ether oxygens (including phenoxy) is 1. The van der Waals surface area contributed by atoms with Gasteiger partial charge in [-0.25, -0.2) is 4.79 Å². The first-order valence-electron chi connectivity index (χ1n) is 5.91. The van der Waals surface area contributed by atoms with Crippen LogP contribution in [0.1, 0.15) is 16.7 Å². The molecule has 0 atom stereocenters. The van der Waals surface area contributed by atoms with Crippen LogP contribution in [0.4, 0.5) is 0 Å². The van der Waals surface area contributed by atoms with E-state index in [1.54, 1.807) is 6.92 Å². The third kappa shape index (κ3) is 2.51. The monoisotopic (exact) mass is 278 g/mol. The first-order valence-corrected chi connectivity index (χ1v) is 6.29. The number of hydrogen-bond acceptors (Lipinski definition) is 3. The molecule has 4 heteroatoms. The van der Waals surface area contributed by atoms with Gasteiger partial charge in [-0.1, -0.05) is 18.2 Å². The number of halogens is 1. The quantitative estimate of drug-likeness (QED) is 0.801. The fourth-order valence-electron chi connectivity index (χ4n) is 1.94. The molecular weight excluding hydrogens is 264 g/mol. The lowest BCUT2D eigenvalue weighted by Crippen LogP contribution is -2.07. The van der Waals surface area contributed by atoms with E-state index in [4.69, 9.17) is 20.8 Å². The molecule has 100 valence electrons. The molecule has 0 unspecified atom stereocenters. The SMILES string of the molecule is C=C(Cl)COc1ccc2c(C)c(C)c(=O)oc2c1C. The van der Waals surface area contributed by atoms with Crippen molar-refractivity contribution in [3.8, 4) is 5.75 Å². The number of fused-ring (bicyclic) bond motifs is 1. The van der Waals surface area contributed by atoms with E-state index in [0.717, 1.165) is 16.5 Å². The summed E-state index contributed by atoms with van der Waals surface area (Å²) in [6.45, 7) is 9.32. The van der Waals surface area contributed by atoms with Crippen molar-refractivity contribution in [1.82, 2.24) is 0 Å². The van der Waals surface area contributed by atoms with Gasteiger partial charge >= 0.3 is 5.63 Å². The number of hydrogen-bond donors (Lipinski definition) is 0. The molecule has 0 amide bonds. The molecule has 19 heavy (non-hydrogen) atoms. The van der Waals surface area contributed by atoms with Crippen LogP contribution in [0.2, 0.25) is 0 Å². The van der Waals surface area contributed by atoms with Crippen LogP contribution in [-0.2, 0) is 0 Å². The summed E-state index contributed by atoms with van der Waals surface area (Å²) in [4.78, 5) is 11.7. The molecule has 0 aliphatic rings. The second kappa shape index (κ2) is 5.10. The van der Waals surface area contributed by atoms with Gasteiger partial charge in [0.1, 0.15) is 17.9 Å². The highest BCUT2D eigenvalue weighted by molar-refractivity contribution is 6.29. The predicted molar refractivity (Wildman–Crippen MR) is 77.2 cm³/mol. The smallest absolute Gasteiger partial charge is 0.339 e. The van der Waals surface area contributed by atoms with Crippen molar-refractivity contribution in [2.75, 3.05) is 6.61 Å². The van der Waals surface area contributed by atoms with E-state index < -0.39 is 0 Å². The fraction of sp³-hybridized carbons (Fsp3) is 0.267. The van der Waals surface area contributed by atoms with Crippen LogP contribution in [0.5, 0.6) is 5.75 Å². The molecule has 0 aliphatic carbocycles. The molecule has 2 aromatic rings. The Morgan fingerprint density at radius 3 is 2.58 bits per heavy atom. The third-order valence-corrected chi connectivity index (χ3v) is 3.32. The zero-order chi connectivity index (χ0) is 14.2. The first-order chi connectivity index (χ1) is 8.91. The molecule has 2 rings (SSSR count). The Morgan fingerprint density at radius 2 is 1.95 bits per heavy atom. The van der Waals surface area contributed by atoms with E-state index in [1.165, 1.54) is 0 Å². The first kappa shape index (κ1) is 13.7. The molecule has 0 aliphatic heterocycles. The summed E-state index contributed by atoms with van der Waals surface area (Å²) in [5.41, 5.74) is 2.60. The summed E-state index contributed by atoms with van der Waals surface area (Å²) < 4.78 is 10.9. The molecule has 3 nitrogen and oxygen atoms in total. The average molecular weight is 279 g/mol. The van der Waals surface area contributed by atoms with Crippen LogP contribution in [0, 0.1) is 20.8 Å². The second-order valence-corrected chi connectivity index (χ2v) is 5.05. The van der Waals surface area contributed by atoms with Crippen LogP contribution in [-0.4, -0.2) is 6.61 Å². The predicted octanol–water partition coefficient (Wildman–Crippen LogP) is 3.85. The summed E-state index contributed by atoms with van der Waals surface area (Å²) >= 11 is 5.68. The molecule has 0 radical (unpaired) electrons. The minimum atomic E-state index is -0.313. The van der Waals surface area contributed by atoms with Crippen molar-refractivity contribution < 1.29 is 9.15 Å². The molecule has 0 saturated heterocycles. The standard InChI is InChI=1S/C15H15ClO3/c1-8(16)7-18-13-6-5-12-9(2)10(3)15(17)19-14(12)11(13)4/h5-6H,1,7H2,2-4H3. The van der Waals surface area contributed by atoms with Gasteiger partial charge in [0.2, 0.25) is 0 Å². The molecule has 0 saturated carbocycles. The maximum atomic E-state index is 11.7. The van der Waals surface area contributed by atoms with Gasteiger partial charge in [-0.15, -0.1) is 0 Å². The molecule has 0 N–H and O–H groups in total. The molecule has 0 spiro atoms. The van der Waals surface area contributed by atoms with E-state index in [9.17, 15) is 4.79 Å². The number of rotatable bonds is 3. The van der Waals surface area contributed by atoms with Crippen LogP contribution in [0.3, 0.4) is 0 Å². The van der Waals surface area contributed by atoms with Crippen molar-refractivity contribution >= 4 is 22.6 Å². The van der Waals surface area contributed by atoms with Gasteiger partial charge in [-0.2, -0.15) is 0 Å². The van der Waals surface area contributed by atoms with Gasteiger partial charge in [0.15, 0.2) is 0 Å². The van der Waals surface area contributed by atoms with Crippen LogP contribution < -0.4 is 10.4 Å². The summed E-state index contributed by atoms with van der Waals surface area (Å²) in [5.74, 6) is 0.640. The Balaban J connectivity index is 2.62. The lowest BCUT2D eigenvalue weighted by Gasteiger charge is -2.11. The molecule has 1 aromatic carbocycles. The normalized spacial score (nSPS) is 10.7. The Bertz CT molecular complexity index is 713. The Hall–Kier alpha value is -1.74. The fourth-order valence-corrected chi connectivity index (χ4v) is 1.99. The largest absolute Gasteiger partial charge is 0.488 e. The Morgan fingerprint density at radius 1 is 1.26 bits per heavy atom. The zero-order valence-electron chi connectivity index (χ0n) is 11.2. The summed E-state index contributed by atoms with van der Waals surface area (Å²) in [5, 5.41) is 1.34. The molecule has 0 fully saturated rings. The molecular formula is C15H15ClO3. The van der Waals surface area contributed by atoms with Crippen LogP contribution in [0.25, 0.3) is 11.0 Å². The van der Waals surface area contributed by atoms with Gasteiger partial charge in [0, 0.05) is 21.5 Å². The summed E-state index contributed by atoms with van der Waals surface area (Å²) in [7, 11) is 0. The molecule has 0 bridgehead atoms. The topological polar surface area (TPSA) is 39.4 Å². The summed E-state index contributed by atoms with van der Waals surface area (Å²) in [6.07, 6.45) is 0. The van der Waals surface area contributed by atoms with E-state index >= 15 is 0 Å². The highest BCUT2D eigenvalue weighted by Crippen LogP contribution is 2.29. The van der Waals surface area contributed by atoms with E-state index in [1.807, 2.05) is 26.0 Å². The minimum Gasteiger partial charge on any atom is -0.488 e. The lowest BCUT2D eigenvalue weighted by molar-refractivity contribution is 0.356. The van der Waals surface area contributed by atoms with Gasteiger partial charge in [0.25, 0.3) is 0 Å². The summed E-state index contributed by atoms with van der Waals surface area (Å²) in [6, 6.07) is 3.74. The van der Waals surface area contributed by atoms with Crippen LogP contribution in [0.15, 0.2) is 33.0 Å². The maximum absolute atomic E-state index is 11.7. The van der Waals surface area contributed by atoms with Crippen molar-refractivity contribution in [2.45, 2.75) is 20.8 Å². The van der Waals surface area contributed by atoms with Crippen molar-refractivity contribution in [3.63, 3.8) is 0 Å². The number of aryl methyl sites for hydroxylation is 2. The number of benzene rings is 1. The Labute approximate surface area is 116 Å². The molecule has 1 heterocycles. The molecule has 1 aromatic heterocycles. The van der Waals surface area contributed by atoms with Gasteiger partial charge in [0.05, 0.1) is 0 Å². The minimum absolute atomic E-state index is 0.225.